The van der Waals surface area contributed by atoms with E-state index in [-0.39, 0.29) is 24.3 Å². The molecule has 1 heterocycles. The van der Waals surface area contributed by atoms with Crippen LogP contribution in [0.2, 0.25) is 5.02 Å². The van der Waals surface area contributed by atoms with Gasteiger partial charge in [-0.2, -0.15) is 0 Å². The smallest absolute Gasteiger partial charge is 0.254 e. The van der Waals surface area contributed by atoms with Gasteiger partial charge >= 0.3 is 0 Å². The molecule has 2 aromatic carbocycles. The molecule has 1 aliphatic rings. The van der Waals surface area contributed by atoms with Gasteiger partial charge in [0, 0.05) is 41.2 Å². The second kappa shape index (κ2) is 12.2. The zero-order valence-electron chi connectivity index (χ0n) is 20.3. The summed E-state index contributed by atoms with van der Waals surface area (Å²) in [6.07, 6.45) is 5.31. The van der Waals surface area contributed by atoms with Gasteiger partial charge in [0.25, 0.3) is 5.91 Å². The van der Waals surface area contributed by atoms with E-state index in [1.54, 1.807) is 44.6 Å². The van der Waals surface area contributed by atoms with Gasteiger partial charge in [-0.05, 0) is 37.1 Å². The van der Waals surface area contributed by atoms with Crippen molar-refractivity contribution >= 4 is 39.9 Å². The number of carbonyl (C=O) groups is 2. The first-order valence-corrected chi connectivity index (χ1v) is 13.1. The molecule has 1 N–H and O–H groups in total. The number of carbonyl (C=O) groups excluding carboxylic acids is 2. The first-order chi connectivity index (χ1) is 17.5. The molecule has 1 fully saturated rings. The maximum absolute atomic E-state index is 13.6. The van der Waals surface area contributed by atoms with E-state index in [9.17, 15) is 9.59 Å². The minimum atomic E-state index is -0.217. The molecular formula is C26H29ClN4O4S. The van der Waals surface area contributed by atoms with Gasteiger partial charge in [-0.15, -0.1) is 10.2 Å². The van der Waals surface area contributed by atoms with E-state index >= 15 is 0 Å². The Labute approximate surface area is 219 Å². The van der Waals surface area contributed by atoms with E-state index in [4.69, 9.17) is 21.1 Å². The second-order valence-corrected chi connectivity index (χ2v) is 10.0. The van der Waals surface area contributed by atoms with Crippen LogP contribution in [0.25, 0.3) is 10.6 Å². The Morgan fingerprint density at radius 3 is 2.33 bits per heavy atom. The van der Waals surface area contributed by atoms with Gasteiger partial charge < -0.3 is 19.7 Å². The molecular weight excluding hydrogens is 500 g/mol. The quantitative estimate of drug-likeness (QED) is 0.384. The summed E-state index contributed by atoms with van der Waals surface area (Å²) in [5, 5.41) is 12.8. The Bertz CT molecular complexity index is 1170. The largest absolute Gasteiger partial charge is 0.497 e. The average molecular weight is 529 g/mol. The molecule has 1 aromatic heterocycles. The fourth-order valence-electron chi connectivity index (χ4n) is 4.33. The Morgan fingerprint density at radius 2 is 1.69 bits per heavy atom. The van der Waals surface area contributed by atoms with Gasteiger partial charge in [0.15, 0.2) is 0 Å². The molecule has 0 bridgehead atoms. The van der Waals surface area contributed by atoms with E-state index in [2.05, 4.69) is 15.5 Å². The number of hydrogen-bond acceptors (Lipinski definition) is 7. The van der Waals surface area contributed by atoms with Crippen LogP contribution in [0.1, 0.15) is 48.9 Å². The third-order valence-corrected chi connectivity index (χ3v) is 7.36. The van der Waals surface area contributed by atoms with Gasteiger partial charge in [-0.25, -0.2) is 0 Å². The van der Waals surface area contributed by atoms with Crippen LogP contribution in [0.15, 0.2) is 42.5 Å². The molecule has 0 spiro atoms. The topological polar surface area (TPSA) is 93.7 Å². The zero-order valence-corrected chi connectivity index (χ0v) is 21.9. The highest BCUT2D eigenvalue weighted by atomic mass is 35.5. The molecule has 36 heavy (non-hydrogen) atoms. The highest BCUT2D eigenvalue weighted by Gasteiger charge is 2.27. The molecule has 0 unspecified atom stereocenters. The van der Waals surface area contributed by atoms with Crippen molar-refractivity contribution in [2.24, 2.45) is 0 Å². The Hall–Kier alpha value is -3.17. The van der Waals surface area contributed by atoms with Crippen LogP contribution in [-0.2, 0) is 4.79 Å². The molecule has 0 aliphatic heterocycles. The van der Waals surface area contributed by atoms with Crippen LogP contribution < -0.4 is 14.8 Å². The summed E-state index contributed by atoms with van der Waals surface area (Å²) in [5.74, 6) is 0.747. The number of aromatic nitrogens is 2. The van der Waals surface area contributed by atoms with Crippen LogP contribution >= 0.6 is 22.9 Å². The molecule has 0 radical (unpaired) electrons. The van der Waals surface area contributed by atoms with Gasteiger partial charge in [0.1, 0.15) is 16.5 Å². The number of nitrogens with one attached hydrogen (secondary N) is 1. The summed E-state index contributed by atoms with van der Waals surface area (Å²) in [6, 6.07) is 12.5. The molecule has 1 saturated carbocycles. The van der Waals surface area contributed by atoms with Crippen LogP contribution in [0.4, 0.5) is 5.13 Å². The van der Waals surface area contributed by atoms with Gasteiger partial charge in [0.05, 0.1) is 14.2 Å². The maximum Gasteiger partial charge on any atom is 0.254 e. The van der Waals surface area contributed by atoms with Crippen LogP contribution in [0.3, 0.4) is 0 Å². The van der Waals surface area contributed by atoms with E-state index < -0.39 is 0 Å². The van der Waals surface area contributed by atoms with Crippen LogP contribution in [0.5, 0.6) is 11.5 Å². The van der Waals surface area contributed by atoms with E-state index in [0.717, 1.165) is 31.2 Å². The minimum Gasteiger partial charge on any atom is -0.497 e. The molecule has 2 amide bonds. The first kappa shape index (κ1) is 25.9. The number of rotatable bonds is 9. The van der Waals surface area contributed by atoms with Crippen molar-refractivity contribution < 1.29 is 19.1 Å². The maximum atomic E-state index is 13.6. The predicted octanol–water partition coefficient (Wildman–Crippen LogP) is 5.68. The fraction of sp³-hybridized carbons (Fsp3) is 0.385. The summed E-state index contributed by atoms with van der Waals surface area (Å²) < 4.78 is 10.7. The standard InChI is InChI=1S/C26H29ClN4O4S/c1-34-21-14-18(15-22(16-21)35-2)25(33)31(20-6-4-3-5-7-20)13-12-23(32)28-26-30-29-24(36-26)17-8-10-19(27)11-9-17/h8-11,14-16,20H,3-7,12-13H2,1-2H3,(H,28,30,32). The Morgan fingerprint density at radius 1 is 1.03 bits per heavy atom. The number of ether oxygens (including phenoxy) is 2. The third kappa shape index (κ3) is 6.53. The molecule has 4 rings (SSSR count). The lowest BCUT2D eigenvalue weighted by atomic mass is 9.93. The van der Waals surface area contributed by atoms with Crippen molar-refractivity contribution in [3.63, 3.8) is 0 Å². The van der Waals surface area contributed by atoms with Crippen molar-refractivity contribution in [2.45, 2.75) is 44.6 Å². The van der Waals surface area contributed by atoms with E-state index in [1.165, 1.54) is 17.8 Å². The van der Waals surface area contributed by atoms with Crippen LogP contribution in [-0.4, -0.2) is 53.7 Å². The zero-order chi connectivity index (χ0) is 25.5. The van der Waals surface area contributed by atoms with E-state index in [0.29, 0.717) is 38.8 Å². The molecule has 1 aliphatic carbocycles. The number of nitrogens with zero attached hydrogens (tertiary/aromatic N) is 3. The van der Waals surface area contributed by atoms with Crippen molar-refractivity contribution in [3.8, 4) is 22.1 Å². The predicted molar refractivity (Wildman–Crippen MR) is 141 cm³/mol. The second-order valence-electron chi connectivity index (χ2n) is 8.61. The number of anilines is 1. The average Bonchev–Trinajstić information content (AvgIpc) is 3.37. The highest BCUT2D eigenvalue weighted by molar-refractivity contribution is 7.18. The molecule has 8 nitrogen and oxygen atoms in total. The number of halogens is 1. The van der Waals surface area contributed by atoms with Crippen molar-refractivity contribution in [1.29, 1.82) is 0 Å². The number of methoxy groups -OCH3 is 2. The normalized spacial score (nSPS) is 13.8. The molecule has 10 heteroatoms. The summed E-state index contributed by atoms with van der Waals surface area (Å²) in [6.45, 7) is 0.303. The molecule has 190 valence electrons. The van der Waals surface area contributed by atoms with Gasteiger partial charge in [0.2, 0.25) is 11.0 Å². The highest BCUT2D eigenvalue weighted by Crippen LogP contribution is 2.29. The van der Waals surface area contributed by atoms with Crippen molar-refractivity contribution in [1.82, 2.24) is 15.1 Å². The van der Waals surface area contributed by atoms with Crippen LogP contribution in [0, 0.1) is 0 Å². The van der Waals surface area contributed by atoms with Gasteiger partial charge in [-0.3, -0.25) is 9.59 Å². The lowest BCUT2D eigenvalue weighted by molar-refractivity contribution is -0.116. The fourth-order valence-corrected chi connectivity index (χ4v) is 5.22. The van der Waals surface area contributed by atoms with E-state index in [1.807, 2.05) is 17.0 Å². The third-order valence-electron chi connectivity index (χ3n) is 6.22. The summed E-state index contributed by atoms with van der Waals surface area (Å²) in [7, 11) is 3.11. The Balaban J connectivity index is 1.44. The number of benzene rings is 2. The van der Waals surface area contributed by atoms with Crippen molar-refractivity contribution in [2.75, 3.05) is 26.1 Å². The Kier molecular flexibility index (Phi) is 8.77. The SMILES string of the molecule is COc1cc(OC)cc(C(=O)N(CCC(=O)Nc2nnc(-c3ccc(Cl)cc3)s2)C2CCCCC2)c1. The molecule has 0 saturated heterocycles. The lowest BCUT2D eigenvalue weighted by Gasteiger charge is -2.34. The molecule has 3 aromatic rings. The number of hydrogen-bond donors (Lipinski definition) is 1. The summed E-state index contributed by atoms with van der Waals surface area (Å²) >= 11 is 7.24. The van der Waals surface area contributed by atoms with Gasteiger partial charge in [-0.1, -0.05) is 54.3 Å². The lowest BCUT2D eigenvalue weighted by Crippen LogP contribution is -2.43. The molecule has 0 atom stereocenters. The summed E-state index contributed by atoms with van der Waals surface area (Å²) in [4.78, 5) is 28.2. The first-order valence-electron chi connectivity index (χ1n) is 11.9. The van der Waals surface area contributed by atoms with Crippen molar-refractivity contribution in [3.05, 3.63) is 53.1 Å². The monoisotopic (exact) mass is 528 g/mol. The summed E-state index contributed by atoms with van der Waals surface area (Å²) in [5.41, 5.74) is 1.36. The number of amides is 2. The minimum absolute atomic E-state index is 0.0919.